The monoisotopic (exact) mass is 331 g/mol. The van der Waals surface area contributed by atoms with Crippen LogP contribution in [0.5, 0.6) is 0 Å². The van der Waals surface area contributed by atoms with E-state index in [2.05, 4.69) is 56.1 Å². The molecule has 4 heteroatoms. The van der Waals surface area contributed by atoms with Crippen LogP contribution in [0.4, 0.5) is 17.1 Å². The average molecular weight is 332 g/mol. The number of piperazine rings is 1. The van der Waals surface area contributed by atoms with Crippen molar-refractivity contribution in [2.75, 3.05) is 41.7 Å². The van der Waals surface area contributed by atoms with Crippen LogP contribution in [0.1, 0.15) is 0 Å². The predicted molar refractivity (Wildman–Crippen MR) is 89.4 cm³/mol. The highest BCUT2D eigenvalue weighted by Gasteiger charge is 2.18. The van der Waals surface area contributed by atoms with Crippen molar-refractivity contribution in [1.29, 1.82) is 0 Å². The fourth-order valence-electron chi connectivity index (χ4n) is 2.63. The molecule has 0 aromatic heterocycles. The van der Waals surface area contributed by atoms with Crippen LogP contribution in [0.15, 0.2) is 53.0 Å². The molecule has 3 nitrogen and oxygen atoms in total. The minimum absolute atomic E-state index is 0.865. The van der Waals surface area contributed by atoms with E-state index in [1.165, 1.54) is 5.69 Å². The number of benzene rings is 2. The van der Waals surface area contributed by atoms with Crippen molar-refractivity contribution in [1.82, 2.24) is 0 Å². The van der Waals surface area contributed by atoms with Gasteiger partial charge in [0.05, 0.1) is 11.4 Å². The molecule has 0 aliphatic carbocycles. The van der Waals surface area contributed by atoms with Gasteiger partial charge < -0.3 is 15.5 Å². The SMILES string of the molecule is Nc1ccccc1N1CCN(c2ccc(Br)cc2)CC1. The van der Waals surface area contributed by atoms with Crippen LogP contribution in [0, 0.1) is 0 Å². The Morgan fingerprint density at radius 2 is 1.40 bits per heavy atom. The second-order valence-electron chi connectivity index (χ2n) is 5.01. The Morgan fingerprint density at radius 1 is 0.800 bits per heavy atom. The average Bonchev–Trinajstić information content (AvgIpc) is 2.49. The summed E-state index contributed by atoms with van der Waals surface area (Å²) in [5, 5.41) is 0. The topological polar surface area (TPSA) is 32.5 Å². The third-order valence-corrected chi connectivity index (χ3v) is 4.28. The lowest BCUT2D eigenvalue weighted by atomic mass is 10.2. The summed E-state index contributed by atoms with van der Waals surface area (Å²) in [6, 6.07) is 16.6. The summed E-state index contributed by atoms with van der Waals surface area (Å²) in [5.74, 6) is 0. The van der Waals surface area contributed by atoms with Gasteiger partial charge in [0, 0.05) is 36.3 Å². The number of hydrogen-bond acceptors (Lipinski definition) is 3. The van der Waals surface area contributed by atoms with Gasteiger partial charge in [0.2, 0.25) is 0 Å². The van der Waals surface area contributed by atoms with Gasteiger partial charge in [0.1, 0.15) is 0 Å². The molecule has 1 aliphatic heterocycles. The summed E-state index contributed by atoms with van der Waals surface area (Å²) < 4.78 is 1.12. The van der Waals surface area contributed by atoms with E-state index in [0.717, 1.165) is 42.0 Å². The summed E-state index contributed by atoms with van der Waals surface area (Å²) >= 11 is 3.48. The van der Waals surface area contributed by atoms with E-state index in [0.29, 0.717) is 0 Å². The fourth-order valence-corrected chi connectivity index (χ4v) is 2.90. The van der Waals surface area contributed by atoms with Crippen molar-refractivity contribution in [3.05, 3.63) is 53.0 Å². The molecule has 0 spiro atoms. The lowest BCUT2D eigenvalue weighted by Gasteiger charge is -2.37. The summed E-state index contributed by atoms with van der Waals surface area (Å²) in [5.41, 5.74) is 9.36. The third-order valence-electron chi connectivity index (χ3n) is 3.75. The fraction of sp³-hybridized carbons (Fsp3) is 0.250. The van der Waals surface area contributed by atoms with Crippen LogP contribution in [0.2, 0.25) is 0 Å². The zero-order valence-corrected chi connectivity index (χ0v) is 12.9. The molecular weight excluding hydrogens is 314 g/mol. The van der Waals surface area contributed by atoms with E-state index in [9.17, 15) is 0 Å². The third kappa shape index (κ3) is 2.75. The molecule has 0 bridgehead atoms. The molecule has 0 unspecified atom stereocenters. The molecular formula is C16H18BrN3. The van der Waals surface area contributed by atoms with Gasteiger partial charge in [0.25, 0.3) is 0 Å². The van der Waals surface area contributed by atoms with Crippen molar-refractivity contribution in [2.24, 2.45) is 0 Å². The summed E-state index contributed by atoms with van der Waals surface area (Å²) in [6.45, 7) is 4.06. The molecule has 3 rings (SSSR count). The quantitative estimate of drug-likeness (QED) is 0.856. The maximum absolute atomic E-state index is 6.05. The Morgan fingerprint density at radius 3 is 2.05 bits per heavy atom. The standard InChI is InChI=1S/C16H18BrN3/c17-13-5-7-14(8-6-13)19-9-11-20(12-10-19)16-4-2-1-3-15(16)18/h1-8H,9-12,18H2. The number of anilines is 3. The highest BCUT2D eigenvalue weighted by Crippen LogP contribution is 2.25. The first-order valence-electron chi connectivity index (χ1n) is 6.84. The number of nitrogens with two attached hydrogens (primary N) is 1. The molecule has 0 amide bonds. The number of nitrogens with zero attached hydrogens (tertiary/aromatic N) is 2. The number of nitrogen functional groups attached to an aromatic ring is 1. The lowest BCUT2D eigenvalue weighted by molar-refractivity contribution is 0.654. The molecule has 1 heterocycles. The zero-order chi connectivity index (χ0) is 13.9. The van der Waals surface area contributed by atoms with Crippen molar-refractivity contribution < 1.29 is 0 Å². The van der Waals surface area contributed by atoms with Gasteiger partial charge >= 0.3 is 0 Å². The smallest absolute Gasteiger partial charge is 0.0601 e. The van der Waals surface area contributed by atoms with Gasteiger partial charge in [-0.25, -0.2) is 0 Å². The maximum atomic E-state index is 6.05. The summed E-state index contributed by atoms with van der Waals surface area (Å²) in [6.07, 6.45) is 0. The van der Waals surface area contributed by atoms with Crippen LogP contribution in [0.3, 0.4) is 0 Å². The highest BCUT2D eigenvalue weighted by molar-refractivity contribution is 9.10. The van der Waals surface area contributed by atoms with Crippen molar-refractivity contribution >= 4 is 33.0 Å². The number of halogens is 1. The molecule has 1 aliphatic rings. The van der Waals surface area contributed by atoms with Crippen LogP contribution < -0.4 is 15.5 Å². The van der Waals surface area contributed by atoms with E-state index in [4.69, 9.17) is 5.73 Å². The van der Waals surface area contributed by atoms with E-state index >= 15 is 0 Å². The zero-order valence-electron chi connectivity index (χ0n) is 11.3. The predicted octanol–water partition coefficient (Wildman–Crippen LogP) is 3.36. The van der Waals surface area contributed by atoms with Crippen LogP contribution in [-0.2, 0) is 0 Å². The number of para-hydroxylation sites is 2. The second-order valence-corrected chi connectivity index (χ2v) is 5.93. The second kappa shape index (κ2) is 5.75. The van der Waals surface area contributed by atoms with E-state index in [1.54, 1.807) is 0 Å². The molecule has 2 aromatic rings. The molecule has 2 N–H and O–H groups in total. The normalized spacial score (nSPS) is 15.4. The molecule has 2 aromatic carbocycles. The number of hydrogen-bond donors (Lipinski definition) is 1. The van der Waals surface area contributed by atoms with Gasteiger partial charge in [-0.1, -0.05) is 28.1 Å². The van der Waals surface area contributed by atoms with Crippen LogP contribution in [0.25, 0.3) is 0 Å². The Bertz CT molecular complexity index is 575. The van der Waals surface area contributed by atoms with Gasteiger partial charge in [-0.15, -0.1) is 0 Å². The molecule has 0 atom stereocenters. The minimum Gasteiger partial charge on any atom is -0.397 e. The van der Waals surface area contributed by atoms with Crippen molar-refractivity contribution in [3.63, 3.8) is 0 Å². The Balaban J connectivity index is 1.68. The maximum Gasteiger partial charge on any atom is 0.0601 e. The lowest BCUT2D eigenvalue weighted by Crippen LogP contribution is -2.46. The van der Waals surface area contributed by atoms with Crippen LogP contribution in [-0.4, -0.2) is 26.2 Å². The molecule has 104 valence electrons. The van der Waals surface area contributed by atoms with Crippen molar-refractivity contribution in [2.45, 2.75) is 0 Å². The van der Waals surface area contributed by atoms with Crippen LogP contribution >= 0.6 is 15.9 Å². The molecule has 20 heavy (non-hydrogen) atoms. The largest absolute Gasteiger partial charge is 0.397 e. The van der Waals surface area contributed by atoms with Gasteiger partial charge in [0.15, 0.2) is 0 Å². The highest BCUT2D eigenvalue weighted by atomic mass is 79.9. The first kappa shape index (κ1) is 13.3. The first-order chi connectivity index (χ1) is 9.74. The van der Waals surface area contributed by atoms with E-state index in [-0.39, 0.29) is 0 Å². The molecule has 1 fully saturated rings. The minimum atomic E-state index is 0.865. The number of rotatable bonds is 2. The van der Waals surface area contributed by atoms with Gasteiger partial charge in [-0.3, -0.25) is 0 Å². The van der Waals surface area contributed by atoms with Gasteiger partial charge in [-0.05, 0) is 36.4 Å². The molecule has 0 saturated carbocycles. The van der Waals surface area contributed by atoms with E-state index < -0.39 is 0 Å². The Kier molecular flexibility index (Phi) is 3.83. The first-order valence-corrected chi connectivity index (χ1v) is 7.63. The van der Waals surface area contributed by atoms with Gasteiger partial charge in [-0.2, -0.15) is 0 Å². The Hall–Kier alpha value is -1.68. The molecule has 1 saturated heterocycles. The summed E-state index contributed by atoms with van der Waals surface area (Å²) in [7, 11) is 0. The summed E-state index contributed by atoms with van der Waals surface area (Å²) in [4.78, 5) is 4.78. The Labute approximate surface area is 128 Å². The van der Waals surface area contributed by atoms with E-state index in [1.807, 2.05) is 18.2 Å². The van der Waals surface area contributed by atoms with Crippen molar-refractivity contribution in [3.8, 4) is 0 Å². The molecule has 0 radical (unpaired) electrons.